The van der Waals surface area contributed by atoms with E-state index in [0.717, 1.165) is 0 Å². The summed E-state index contributed by atoms with van der Waals surface area (Å²) in [5.41, 5.74) is 5.89. The molecule has 0 nitrogen and oxygen atoms in total. The van der Waals surface area contributed by atoms with E-state index < -0.39 is 0 Å². The molecule has 0 aliphatic rings. The van der Waals surface area contributed by atoms with Gasteiger partial charge >= 0.3 is 0 Å². The average Bonchev–Trinajstić information content (AvgIpc) is 2.33. The van der Waals surface area contributed by atoms with Crippen LogP contribution in [-0.4, -0.2) is 0 Å². The number of benzene rings is 2. The summed E-state index contributed by atoms with van der Waals surface area (Å²) in [6.45, 7) is 4.37. The lowest BCUT2D eigenvalue weighted by Gasteiger charge is -2.16. The Kier molecular flexibility index (Phi) is 3.41. The highest BCUT2D eigenvalue weighted by molar-refractivity contribution is 7.17. The van der Waals surface area contributed by atoms with Gasteiger partial charge < -0.3 is 0 Å². The molecule has 0 saturated carbocycles. The van der Waals surface area contributed by atoms with Crippen molar-refractivity contribution in [2.75, 3.05) is 0 Å². The van der Waals surface area contributed by atoms with Gasteiger partial charge in [0, 0.05) is 5.66 Å². The van der Waals surface area contributed by atoms with E-state index in [2.05, 4.69) is 71.6 Å². The molecule has 1 heteroatoms. The molecule has 0 amide bonds. The maximum atomic E-state index is 2.94. The summed E-state index contributed by atoms with van der Waals surface area (Å²) in [4.78, 5) is 0. The lowest BCUT2D eigenvalue weighted by Crippen LogP contribution is -1.97. The SMILES string of the molecule is Cc1cccc(C(P)c2ccccc2)c1C. The minimum absolute atomic E-state index is 0.390. The predicted molar refractivity (Wildman–Crippen MR) is 73.9 cm³/mol. The van der Waals surface area contributed by atoms with Gasteiger partial charge in [-0.25, -0.2) is 0 Å². The fraction of sp³-hybridized carbons (Fsp3) is 0.200. The van der Waals surface area contributed by atoms with Crippen molar-refractivity contribution in [1.82, 2.24) is 0 Å². The Balaban J connectivity index is 2.42. The van der Waals surface area contributed by atoms with E-state index >= 15 is 0 Å². The third-order valence-corrected chi connectivity index (χ3v) is 3.88. The summed E-state index contributed by atoms with van der Waals surface area (Å²) in [6.07, 6.45) is 0. The minimum Gasteiger partial charge on any atom is -0.125 e. The van der Waals surface area contributed by atoms with Gasteiger partial charge in [-0.2, -0.15) is 0 Å². The zero-order valence-corrected chi connectivity index (χ0v) is 10.9. The van der Waals surface area contributed by atoms with Gasteiger partial charge in [0.25, 0.3) is 0 Å². The van der Waals surface area contributed by atoms with Gasteiger partial charge in [-0.3, -0.25) is 0 Å². The third-order valence-electron chi connectivity index (χ3n) is 3.14. The second-order valence-electron chi connectivity index (χ2n) is 4.18. The fourth-order valence-electron chi connectivity index (χ4n) is 1.95. The van der Waals surface area contributed by atoms with Crippen molar-refractivity contribution in [3.8, 4) is 0 Å². The molecule has 0 aliphatic carbocycles. The van der Waals surface area contributed by atoms with E-state index in [4.69, 9.17) is 0 Å². The van der Waals surface area contributed by atoms with Crippen LogP contribution in [0.4, 0.5) is 0 Å². The molecule has 2 atom stereocenters. The van der Waals surface area contributed by atoms with Gasteiger partial charge in [0.15, 0.2) is 0 Å². The van der Waals surface area contributed by atoms with Crippen molar-refractivity contribution in [3.05, 3.63) is 70.8 Å². The third kappa shape index (κ3) is 2.18. The van der Waals surface area contributed by atoms with E-state index in [1.54, 1.807) is 0 Å². The Morgan fingerprint density at radius 3 is 2.25 bits per heavy atom. The maximum absolute atomic E-state index is 2.94. The molecule has 0 fully saturated rings. The van der Waals surface area contributed by atoms with E-state index in [1.807, 2.05) is 0 Å². The summed E-state index contributed by atoms with van der Waals surface area (Å²) >= 11 is 0. The standard InChI is InChI=1S/C15H17P/c1-11-7-6-10-14(12(11)2)15(16)13-8-4-3-5-9-13/h3-10,15H,16H2,1-2H3. The number of hydrogen-bond acceptors (Lipinski definition) is 0. The first-order valence-corrected chi connectivity index (χ1v) is 6.23. The van der Waals surface area contributed by atoms with Crippen molar-refractivity contribution in [1.29, 1.82) is 0 Å². The van der Waals surface area contributed by atoms with Crippen LogP contribution in [0.2, 0.25) is 0 Å². The molecule has 2 unspecified atom stereocenters. The highest BCUT2D eigenvalue weighted by atomic mass is 31.0. The highest BCUT2D eigenvalue weighted by Gasteiger charge is 2.11. The largest absolute Gasteiger partial charge is 0.125 e. The topological polar surface area (TPSA) is 0 Å². The Labute approximate surface area is 99.9 Å². The second-order valence-corrected chi connectivity index (χ2v) is 4.84. The van der Waals surface area contributed by atoms with Gasteiger partial charge in [0.2, 0.25) is 0 Å². The summed E-state index contributed by atoms with van der Waals surface area (Å²) in [5, 5.41) is 0. The lowest BCUT2D eigenvalue weighted by atomic mass is 9.97. The first-order valence-electron chi connectivity index (χ1n) is 5.57. The maximum Gasteiger partial charge on any atom is 0.0236 e. The van der Waals surface area contributed by atoms with Crippen LogP contribution in [0.1, 0.15) is 27.9 Å². The molecule has 0 bridgehead atoms. The minimum atomic E-state index is 0.390. The molecule has 0 spiro atoms. The van der Waals surface area contributed by atoms with Crippen LogP contribution in [-0.2, 0) is 0 Å². The van der Waals surface area contributed by atoms with E-state index in [1.165, 1.54) is 22.3 Å². The van der Waals surface area contributed by atoms with Gasteiger partial charge in [-0.15, -0.1) is 9.24 Å². The van der Waals surface area contributed by atoms with Crippen molar-refractivity contribution in [2.45, 2.75) is 19.5 Å². The van der Waals surface area contributed by atoms with Gasteiger partial charge in [-0.1, -0.05) is 48.5 Å². The summed E-state index contributed by atoms with van der Waals surface area (Å²) in [5.74, 6) is 0. The van der Waals surface area contributed by atoms with Gasteiger partial charge in [0.1, 0.15) is 0 Å². The first-order chi connectivity index (χ1) is 7.70. The smallest absolute Gasteiger partial charge is 0.0236 e. The normalized spacial score (nSPS) is 12.4. The van der Waals surface area contributed by atoms with Crippen LogP contribution < -0.4 is 0 Å². The van der Waals surface area contributed by atoms with Gasteiger partial charge in [0.05, 0.1) is 0 Å². The molecule has 2 rings (SSSR count). The lowest BCUT2D eigenvalue weighted by molar-refractivity contribution is 1.11. The van der Waals surface area contributed by atoms with E-state index in [9.17, 15) is 0 Å². The highest BCUT2D eigenvalue weighted by Crippen LogP contribution is 2.33. The van der Waals surface area contributed by atoms with Crippen LogP contribution in [0.25, 0.3) is 0 Å². The molecule has 2 aromatic rings. The molecule has 2 aromatic carbocycles. The Hall–Kier alpha value is -1.13. The van der Waals surface area contributed by atoms with E-state index in [-0.39, 0.29) is 0 Å². The van der Waals surface area contributed by atoms with Crippen LogP contribution in [0.5, 0.6) is 0 Å². The van der Waals surface area contributed by atoms with Crippen molar-refractivity contribution < 1.29 is 0 Å². The predicted octanol–water partition coefficient (Wildman–Crippen LogP) is 4.27. The van der Waals surface area contributed by atoms with Crippen LogP contribution >= 0.6 is 9.24 Å². The zero-order valence-electron chi connectivity index (χ0n) is 9.77. The monoisotopic (exact) mass is 228 g/mol. The molecule has 0 saturated heterocycles. The molecule has 16 heavy (non-hydrogen) atoms. The molecule has 0 aromatic heterocycles. The average molecular weight is 228 g/mol. The number of rotatable bonds is 2. The molecule has 0 aliphatic heterocycles. The fourth-order valence-corrected chi connectivity index (χ4v) is 2.53. The van der Waals surface area contributed by atoms with Crippen LogP contribution in [0.15, 0.2) is 48.5 Å². The second kappa shape index (κ2) is 4.80. The number of hydrogen-bond donors (Lipinski definition) is 0. The Morgan fingerprint density at radius 2 is 1.56 bits per heavy atom. The molecular weight excluding hydrogens is 211 g/mol. The molecule has 0 heterocycles. The van der Waals surface area contributed by atoms with Crippen molar-refractivity contribution in [3.63, 3.8) is 0 Å². The van der Waals surface area contributed by atoms with Gasteiger partial charge in [-0.05, 0) is 36.1 Å². The molecule has 82 valence electrons. The molecular formula is C15H17P. The van der Waals surface area contributed by atoms with Crippen LogP contribution in [0, 0.1) is 13.8 Å². The van der Waals surface area contributed by atoms with E-state index in [0.29, 0.717) is 5.66 Å². The summed E-state index contributed by atoms with van der Waals surface area (Å²) < 4.78 is 0. The zero-order chi connectivity index (χ0) is 11.5. The quantitative estimate of drug-likeness (QED) is 0.673. The van der Waals surface area contributed by atoms with Crippen molar-refractivity contribution in [2.24, 2.45) is 0 Å². The first kappa shape index (κ1) is 11.4. The molecule has 0 radical (unpaired) electrons. The van der Waals surface area contributed by atoms with Crippen LogP contribution in [0.3, 0.4) is 0 Å². The number of aryl methyl sites for hydroxylation is 1. The summed E-state index contributed by atoms with van der Waals surface area (Å²) in [6, 6.07) is 17.1. The summed E-state index contributed by atoms with van der Waals surface area (Å²) in [7, 11) is 2.94. The Bertz CT molecular complexity index is 474. The molecule has 0 N–H and O–H groups in total. The van der Waals surface area contributed by atoms with Crippen molar-refractivity contribution >= 4 is 9.24 Å². The Morgan fingerprint density at radius 1 is 0.875 bits per heavy atom.